The summed E-state index contributed by atoms with van der Waals surface area (Å²) in [6, 6.07) is 5.54. The zero-order chi connectivity index (χ0) is 19.4. The Balaban J connectivity index is 2.66. The molecule has 0 atom stereocenters. The standard InChI is InChI=1S/C18H29ClN4O3/c1-5-26-10-6-9-20-18(22-13-17(24)23(2)3)21-12-14-7-8-16(25-4)15(19)11-14/h7-8,11H,5-6,9-10,12-13H2,1-4H3,(H2,20,21,22). The van der Waals surface area contributed by atoms with Crippen LogP contribution in [0, 0.1) is 0 Å². The molecule has 0 aliphatic rings. The van der Waals surface area contributed by atoms with E-state index >= 15 is 0 Å². The number of nitrogens with one attached hydrogen (secondary N) is 2. The van der Waals surface area contributed by atoms with Gasteiger partial charge in [-0.25, -0.2) is 4.99 Å². The zero-order valence-electron chi connectivity index (χ0n) is 16.0. The number of rotatable bonds is 10. The van der Waals surface area contributed by atoms with E-state index in [9.17, 15) is 4.79 Å². The molecule has 0 aliphatic carbocycles. The van der Waals surface area contributed by atoms with Crippen molar-refractivity contribution in [2.75, 3.05) is 47.5 Å². The first-order chi connectivity index (χ1) is 12.5. The number of halogens is 1. The Hall–Kier alpha value is -1.99. The third-order valence-corrected chi connectivity index (χ3v) is 3.80. The predicted octanol–water partition coefficient (Wildman–Crippen LogP) is 1.90. The van der Waals surface area contributed by atoms with Gasteiger partial charge in [0, 0.05) is 33.9 Å². The van der Waals surface area contributed by atoms with E-state index in [2.05, 4.69) is 15.6 Å². The molecular weight excluding hydrogens is 356 g/mol. The van der Waals surface area contributed by atoms with Crippen LogP contribution < -0.4 is 15.4 Å². The van der Waals surface area contributed by atoms with Gasteiger partial charge in [0.15, 0.2) is 5.96 Å². The van der Waals surface area contributed by atoms with Gasteiger partial charge in [0.1, 0.15) is 5.75 Å². The van der Waals surface area contributed by atoms with Crippen molar-refractivity contribution >= 4 is 23.5 Å². The van der Waals surface area contributed by atoms with Gasteiger partial charge in [-0.1, -0.05) is 17.7 Å². The highest BCUT2D eigenvalue weighted by molar-refractivity contribution is 6.32. The van der Waals surface area contributed by atoms with Crippen LogP contribution in [0.1, 0.15) is 18.9 Å². The van der Waals surface area contributed by atoms with E-state index in [1.807, 2.05) is 25.1 Å². The molecule has 0 bridgehead atoms. The van der Waals surface area contributed by atoms with Crippen LogP contribution in [0.2, 0.25) is 5.02 Å². The number of benzene rings is 1. The van der Waals surface area contributed by atoms with Gasteiger partial charge in [0.05, 0.1) is 25.2 Å². The van der Waals surface area contributed by atoms with Crippen molar-refractivity contribution in [2.24, 2.45) is 4.99 Å². The lowest BCUT2D eigenvalue weighted by Crippen LogP contribution is -2.43. The maximum absolute atomic E-state index is 11.8. The highest BCUT2D eigenvalue weighted by atomic mass is 35.5. The van der Waals surface area contributed by atoms with E-state index in [0.717, 1.165) is 12.0 Å². The predicted molar refractivity (Wildman–Crippen MR) is 105 cm³/mol. The van der Waals surface area contributed by atoms with Crippen molar-refractivity contribution in [2.45, 2.75) is 19.9 Å². The molecule has 7 nitrogen and oxygen atoms in total. The van der Waals surface area contributed by atoms with Crippen molar-refractivity contribution in [3.63, 3.8) is 0 Å². The molecule has 2 N–H and O–H groups in total. The van der Waals surface area contributed by atoms with E-state index < -0.39 is 0 Å². The second-order valence-corrected chi connectivity index (χ2v) is 6.16. The van der Waals surface area contributed by atoms with Gasteiger partial charge >= 0.3 is 0 Å². The molecule has 1 aromatic rings. The zero-order valence-corrected chi connectivity index (χ0v) is 16.7. The summed E-state index contributed by atoms with van der Waals surface area (Å²) < 4.78 is 10.5. The lowest BCUT2D eigenvalue weighted by Gasteiger charge is -2.15. The Labute approximate surface area is 160 Å². The van der Waals surface area contributed by atoms with Crippen molar-refractivity contribution in [1.82, 2.24) is 15.5 Å². The fraction of sp³-hybridized carbons (Fsp3) is 0.556. The molecule has 26 heavy (non-hydrogen) atoms. The van der Waals surface area contributed by atoms with Crippen molar-refractivity contribution < 1.29 is 14.3 Å². The minimum Gasteiger partial charge on any atom is -0.495 e. The monoisotopic (exact) mass is 384 g/mol. The van der Waals surface area contributed by atoms with Gasteiger partial charge < -0.3 is 25.0 Å². The molecule has 0 saturated carbocycles. The van der Waals surface area contributed by atoms with Crippen LogP contribution in [0.4, 0.5) is 0 Å². The number of likely N-dealkylation sites (N-methyl/N-ethyl adjacent to an activating group) is 1. The molecule has 146 valence electrons. The summed E-state index contributed by atoms with van der Waals surface area (Å²) in [6.07, 6.45) is 0.852. The third-order valence-electron chi connectivity index (χ3n) is 3.50. The first kappa shape index (κ1) is 22.1. The number of aliphatic imine (C=N–C) groups is 1. The van der Waals surface area contributed by atoms with Crippen LogP contribution in [0.25, 0.3) is 0 Å². The van der Waals surface area contributed by atoms with Crippen molar-refractivity contribution in [1.29, 1.82) is 0 Å². The third kappa shape index (κ3) is 8.40. The molecule has 1 rings (SSSR count). The second-order valence-electron chi connectivity index (χ2n) is 5.75. The number of ether oxygens (including phenoxy) is 2. The van der Waals surface area contributed by atoms with Crippen LogP contribution in [0.5, 0.6) is 5.75 Å². The number of hydrogen-bond donors (Lipinski definition) is 2. The second kappa shape index (κ2) is 12.4. The molecule has 8 heteroatoms. The van der Waals surface area contributed by atoms with E-state index in [4.69, 9.17) is 21.1 Å². The average Bonchev–Trinajstić information content (AvgIpc) is 2.62. The molecule has 0 saturated heterocycles. The SMILES string of the molecule is CCOCCCNC(=NCc1ccc(OC)c(Cl)c1)NCC(=O)N(C)C. The number of guanidine groups is 1. The highest BCUT2D eigenvalue weighted by Crippen LogP contribution is 2.25. The molecule has 0 spiro atoms. The molecule has 0 aromatic heterocycles. The van der Waals surface area contributed by atoms with Crippen LogP contribution in [-0.2, 0) is 16.1 Å². The van der Waals surface area contributed by atoms with E-state index in [-0.39, 0.29) is 12.5 Å². The molecule has 0 heterocycles. The molecular formula is C18H29ClN4O3. The molecule has 0 fully saturated rings. The fourth-order valence-corrected chi connectivity index (χ4v) is 2.28. The van der Waals surface area contributed by atoms with Crippen LogP contribution >= 0.6 is 11.6 Å². The van der Waals surface area contributed by atoms with Gasteiger partial charge in [-0.3, -0.25) is 4.79 Å². The smallest absolute Gasteiger partial charge is 0.241 e. The average molecular weight is 385 g/mol. The summed E-state index contributed by atoms with van der Waals surface area (Å²) in [5, 5.41) is 6.80. The summed E-state index contributed by atoms with van der Waals surface area (Å²) in [4.78, 5) is 17.8. The number of nitrogens with zero attached hydrogens (tertiary/aromatic N) is 2. The lowest BCUT2D eigenvalue weighted by molar-refractivity contribution is -0.127. The minimum absolute atomic E-state index is 0.0266. The summed E-state index contributed by atoms with van der Waals surface area (Å²) >= 11 is 6.15. The van der Waals surface area contributed by atoms with Gasteiger partial charge in [0.2, 0.25) is 5.91 Å². The van der Waals surface area contributed by atoms with E-state index in [1.54, 1.807) is 21.2 Å². The Bertz CT molecular complexity index is 594. The van der Waals surface area contributed by atoms with E-state index in [0.29, 0.717) is 43.0 Å². The van der Waals surface area contributed by atoms with Crippen LogP contribution in [0.3, 0.4) is 0 Å². The summed E-state index contributed by atoms with van der Waals surface area (Å²) in [5.74, 6) is 1.17. The van der Waals surface area contributed by atoms with Gasteiger partial charge in [-0.2, -0.15) is 0 Å². The number of methoxy groups -OCH3 is 1. The summed E-state index contributed by atoms with van der Waals surface area (Å²) in [6.45, 7) is 4.66. The number of carbonyl (C=O) groups is 1. The normalized spacial score (nSPS) is 11.2. The number of hydrogen-bond acceptors (Lipinski definition) is 4. The topological polar surface area (TPSA) is 75.2 Å². The number of amides is 1. The molecule has 1 aromatic carbocycles. The largest absolute Gasteiger partial charge is 0.495 e. The fourth-order valence-electron chi connectivity index (χ4n) is 2.00. The summed E-state index contributed by atoms with van der Waals surface area (Å²) in [5.41, 5.74) is 0.949. The first-order valence-electron chi connectivity index (χ1n) is 8.60. The molecule has 0 unspecified atom stereocenters. The van der Waals surface area contributed by atoms with Crippen molar-refractivity contribution in [3.8, 4) is 5.75 Å². The quantitative estimate of drug-likeness (QED) is 0.366. The first-order valence-corrected chi connectivity index (χ1v) is 8.98. The Morgan fingerprint density at radius 3 is 2.69 bits per heavy atom. The lowest BCUT2D eigenvalue weighted by atomic mass is 10.2. The molecule has 0 aliphatic heterocycles. The van der Waals surface area contributed by atoms with Gasteiger partial charge in [0.25, 0.3) is 0 Å². The molecule has 1 amide bonds. The maximum Gasteiger partial charge on any atom is 0.241 e. The van der Waals surface area contributed by atoms with Gasteiger partial charge in [-0.15, -0.1) is 0 Å². The van der Waals surface area contributed by atoms with Gasteiger partial charge in [-0.05, 0) is 31.0 Å². The minimum atomic E-state index is -0.0266. The number of carbonyl (C=O) groups excluding carboxylic acids is 1. The Morgan fingerprint density at radius 2 is 2.08 bits per heavy atom. The Kier molecular flexibility index (Phi) is 10.5. The molecule has 0 radical (unpaired) electrons. The maximum atomic E-state index is 11.8. The van der Waals surface area contributed by atoms with Crippen molar-refractivity contribution in [3.05, 3.63) is 28.8 Å². The Morgan fingerprint density at radius 1 is 1.31 bits per heavy atom. The highest BCUT2D eigenvalue weighted by Gasteiger charge is 2.06. The van der Waals surface area contributed by atoms with Crippen LogP contribution in [-0.4, -0.2) is 64.3 Å². The summed E-state index contributed by atoms with van der Waals surface area (Å²) in [7, 11) is 5.01. The van der Waals surface area contributed by atoms with Crippen LogP contribution in [0.15, 0.2) is 23.2 Å². The van der Waals surface area contributed by atoms with E-state index in [1.165, 1.54) is 4.90 Å².